The predicted octanol–water partition coefficient (Wildman–Crippen LogP) is 3.82. The number of halogens is 1. The fourth-order valence-corrected chi connectivity index (χ4v) is 3.56. The Bertz CT molecular complexity index is 958. The lowest BCUT2D eigenvalue weighted by Crippen LogP contribution is -2.31. The molecule has 0 atom stereocenters. The van der Waals surface area contributed by atoms with Crippen LogP contribution in [-0.2, 0) is 20.0 Å². The van der Waals surface area contributed by atoms with Gasteiger partial charge in [-0.05, 0) is 48.2 Å². The van der Waals surface area contributed by atoms with Crippen LogP contribution in [0.15, 0.2) is 42.6 Å². The molecule has 0 unspecified atom stereocenters. The van der Waals surface area contributed by atoms with Crippen LogP contribution in [0.3, 0.4) is 0 Å². The molecule has 3 nitrogen and oxygen atoms in total. The van der Waals surface area contributed by atoms with Crippen LogP contribution in [-0.4, -0.2) is 21.9 Å². The summed E-state index contributed by atoms with van der Waals surface area (Å²) in [7, 11) is 2.05. The molecule has 0 saturated heterocycles. The second-order valence-electron chi connectivity index (χ2n) is 6.52. The number of carbonyl (C=O) groups is 1. The van der Waals surface area contributed by atoms with Crippen LogP contribution in [0.5, 0.6) is 0 Å². The molecule has 0 N–H and O–H groups in total. The Labute approximate surface area is 140 Å². The lowest BCUT2D eigenvalue weighted by Gasteiger charge is -2.21. The maximum atomic E-state index is 13.8. The zero-order valence-corrected chi connectivity index (χ0v) is 13.8. The highest BCUT2D eigenvalue weighted by atomic mass is 19.1. The molecule has 2 heterocycles. The molecule has 1 amide bonds. The third-order valence-corrected chi connectivity index (χ3v) is 4.90. The van der Waals surface area contributed by atoms with Crippen molar-refractivity contribution in [2.24, 2.45) is 7.05 Å². The van der Waals surface area contributed by atoms with E-state index >= 15 is 0 Å². The first kappa shape index (κ1) is 14.9. The van der Waals surface area contributed by atoms with Crippen LogP contribution in [0.4, 0.5) is 4.39 Å². The Balaban J connectivity index is 1.71. The quantitative estimate of drug-likeness (QED) is 0.668. The molecule has 1 aliphatic rings. The highest BCUT2D eigenvalue weighted by Gasteiger charge is 2.23. The largest absolute Gasteiger partial charge is 0.350 e. The van der Waals surface area contributed by atoms with Crippen LogP contribution < -0.4 is 0 Å². The number of rotatable bonds is 1. The van der Waals surface area contributed by atoms with Crippen molar-refractivity contribution in [2.75, 3.05) is 6.54 Å². The zero-order valence-electron chi connectivity index (χ0n) is 13.8. The molecule has 1 aliphatic heterocycles. The Morgan fingerprint density at radius 3 is 2.79 bits per heavy atom. The lowest BCUT2D eigenvalue weighted by atomic mass is 10.1. The molecule has 0 aliphatic carbocycles. The van der Waals surface area contributed by atoms with Gasteiger partial charge in [0.15, 0.2) is 0 Å². The maximum Gasteiger partial charge on any atom is 0.254 e. The van der Waals surface area contributed by atoms with Gasteiger partial charge < -0.3 is 9.47 Å². The van der Waals surface area contributed by atoms with Crippen molar-refractivity contribution >= 4 is 16.8 Å². The minimum atomic E-state index is -0.332. The van der Waals surface area contributed by atoms with E-state index in [1.54, 1.807) is 19.1 Å². The molecule has 2 aromatic carbocycles. The predicted molar refractivity (Wildman–Crippen MR) is 92.5 cm³/mol. The van der Waals surface area contributed by atoms with Gasteiger partial charge in [-0.2, -0.15) is 0 Å². The van der Waals surface area contributed by atoms with Crippen molar-refractivity contribution in [2.45, 2.75) is 19.9 Å². The highest BCUT2D eigenvalue weighted by Crippen LogP contribution is 2.29. The van der Waals surface area contributed by atoms with Gasteiger partial charge in [0.1, 0.15) is 5.82 Å². The first-order valence-electron chi connectivity index (χ1n) is 8.16. The molecule has 0 spiro atoms. The smallest absolute Gasteiger partial charge is 0.254 e. The van der Waals surface area contributed by atoms with E-state index in [2.05, 4.69) is 29.9 Å². The van der Waals surface area contributed by atoms with Gasteiger partial charge in [-0.25, -0.2) is 4.39 Å². The molecule has 0 saturated carbocycles. The number of nitrogens with zero attached hydrogens (tertiary/aromatic N) is 2. The van der Waals surface area contributed by atoms with Gasteiger partial charge >= 0.3 is 0 Å². The van der Waals surface area contributed by atoms with E-state index in [9.17, 15) is 9.18 Å². The number of aromatic nitrogens is 1. The molecule has 122 valence electrons. The summed E-state index contributed by atoms with van der Waals surface area (Å²) in [5.41, 5.74) is 4.59. The van der Waals surface area contributed by atoms with Gasteiger partial charge in [0, 0.05) is 42.8 Å². The standard InChI is InChI=1S/C20H19FN2O/c1-13-6-7-14(10-17(13)21)20(24)23-9-8-16-11-22(2)18-5-3-4-15(12-23)19(16)18/h3-7,10-11H,8-9,12H2,1-2H3. The third kappa shape index (κ3) is 2.30. The molecule has 4 heteroatoms. The number of amides is 1. The van der Waals surface area contributed by atoms with Crippen LogP contribution >= 0.6 is 0 Å². The van der Waals surface area contributed by atoms with Crippen LogP contribution in [0, 0.1) is 12.7 Å². The molecular formula is C20H19FN2O. The average Bonchev–Trinajstić information content (AvgIpc) is 2.78. The summed E-state index contributed by atoms with van der Waals surface area (Å²) < 4.78 is 15.9. The SMILES string of the molecule is Cc1ccc(C(=O)N2CCc3cn(C)c4cccc(c34)C2)cc1F. The van der Waals surface area contributed by atoms with Crippen molar-refractivity contribution in [3.8, 4) is 0 Å². The first-order chi connectivity index (χ1) is 11.5. The topological polar surface area (TPSA) is 25.2 Å². The van der Waals surface area contributed by atoms with Crippen molar-refractivity contribution < 1.29 is 9.18 Å². The van der Waals surface area contributed by atoms with E-state index < -0.39 is 0 Å². The Hall–Kier alpha value is -2.62. The molecule has 0 fully saturated rings. The second-order valence-corrected chi connectivity index (χ2v) is 6.52. The van der Waals surface area contributed by atoms with E-state index in [0.717, 1.165) is 12.0 Å². The van der Waals surface area contributed by atoms with Crippen molar-refractivity contribution in [1.29, 1.82) is 0 Å². The summed E-state index contributed by atoms with van der Waals surface area (Å²) in [5, 5.41) is 1.25. The normalized spacial score (nSPS) is 14.0. The average molecular weight is 322 g/mol. The summed E-state index contributed by atoms with van der Waals surface area (Å²) in [6, 6.07) is 10.9. The number of benzene rings is 2. The van der Waals surface area contributed by atoms with Crippen LogP contribution in [0.25, 0.3) is 10.9 Å². The lowest BCUT2D eigenvalue weighted by molar-refractivity contribution is 0.0747. The summed E-state index contributed by atoms with van der Waals surface area (Å²) in [6.07, 6.45) is 2.96. The van der Waals surface area contributed by atoms with E-state index in [0.29, 0.717) is 24.2 Å². The van der Waals surface area contributed by atoms with Crippen molar-refractivity contribution in [3.05, 3.63) is 70.7 Å². The number of hydrogen-bond donors (Lipinski definition) is 0. The van der Waals surface area contributed by atoms with Crippen LogP contribution in [0.2, 0.25) is 0 Å². The fourth-order valence-electron chi connectivity index (χ4n) is 3.56. The zero-order chi connectivity index (χ0) is 16.8. The van der Waals surface area contributed by atoms with E-state index in [1.165, 1.54) is 22.5 Å². The monoisotopic (exact) mass is 322 g/mol. The minimum Gasteiger partial charge on any atom is -0.350 e. The molecular weight excluding hydrogens is 303 g/mol. The molecule has 1 aromatic heterocycles. The highest BCUT2D eigenvalue weighted by molar-refractivity contribution is 5.95. The fraction of sp³-hybridized carbons (Fsp3) is 0.250. The summed E-state index contributed by atoms with van der Waals surface area (Å²) in [5.74, 6) is -0.442. The molecule has 3 aromatic rings. The summed E-state index contributed by atoms with van der Waals surface area (Å²) in [4.78, 5) is 14.6. The second kappa shape index (κ2) is 5.48. The maximum absolute atomic E-state index is 13.8. The first-order valence-corrected chi connectivity index (χ1v) is 8.16. The van der Waals surface area contributed by atoms with Crippen molar-refractivity contribution in [1.82, 2.24) is 9.47 Å². The summed E-state index contributed by atoms with van der Waals surface area (Å²) in [6.45, 7) is 2.90. The molecule has 0 radical (unpaired) electrons. The number of carbonyl (C=O) groups excluding carboxylic acids is 1. The third-order valence-electron chi connectivity index (χ3n) is 4.90. The van der Waals surface area contributed by atoms with Gasteiger partial charge in [0.25, 0.3) is 5.91 Å². The van der Waals surface area contributed by atoms with E-state index in [4.69, 9.17) is 0 Å². The minimum absolute atomic E-state index is 0.111. The van der Waals surface area contributed by atoms with Gasteiger partial charge in [0.2, 0.25) is 0 Å². The summed E-state index contributed by atoms with van der Waals surface area (Å²) >= 11 is 0. The molecule has 24 heavy (non-hydrogen) atoms. The van der Waals surface area contributed by atoms with Gasteiger partial charge in [-0.3, -0.25) is 4.79 Å². The van der Waals surface area contributed by atoms with E-state index in [-0.39, 0.29) is 11.7 Å². The number of hydrogen-bond acceptors (Lipinski definition) is 1. The Kier molecular flexibility index (Phi) is 3.41. The number of aryl methyl sites for hydroxylation is 2. The Morgan fingerprint density at radius 2 is 2.00 bits per heavy atom. The van der Waals surface area contributed by atoms with Gasteiger partial charge in [-0.15, -0.1) is 0 Å². The van der Waals surface area contributed by atoms with Gasteiger partial charge in [0.05, 0.1) is 0 Å². The van der Waals surface area contributed by atoms with E-state index in [1.807, 2.05) is 11.0 Å². The molecule has 4 rings (SSSR count). The van der Waals surface area contributed by atoms with Gasteiger partial charge in [-0.1, -0.05) is 18.2 Å². The Morgan fingerprint density at radius 1 is 1.17 bits per heavy atom. The molecule has 0 bridgehead atoms. The van der Waals surface area contributed by atoms with Crippen molar-refractivity contribution in [3.63, 3.8) is 0 Å². The van der Waals surface area contributed by atoms with Crippen LogP contribution in [0.1, 0.15) is 27.0 Å².